The number of nitriles is 1. The van der Waals surface area contributed by atoms with Crippen molar-refractivity contribution in [1.82, 2.24) is 0 Å². The Labute approximate surface area is 127 Å². The van der Waals surface area contributed by atoms with Gasteiger partial charge < -0.3 is 5.73 Å². The third-order valence-electron chi connectivity index (χ3n) is 2.72. The number of nitrogens with zero attached hydrogens (tertiary/aromatic N) is 1. The first-order valence-electron chi connectivity index (χ1n) is 5.92. The Hall–Kier alpha value is -2.22. The van der Waals surface area contributed by atoms with Gasteiger partial charge in [-0.05, 0) is 23.1 Å². The van der Waals surface area contributed by atoms with E-state index in [1.165, 1.54) is 5.37 Å². The van der Waals surface area contributed by atoms with Crippen molar-refractivity contribution in [3.05, 3.63) is 69.9 Å². The van der Waals surface area contributed by atoms with Crippen LogP contribution in [0.4, 0.5) is 0 Å². The minimum atomic E-state index is 0.436. The van der Waals surface area contributed by atoms with Gasteiger partial charge in [-0.1, -0.05) is 48.6 Å². The summed E-state index contributed by atoms with van der Waals surface area (Å²) in [5.41, 5.74) is 8.83. The standard InChI is InChI=1S/C16H12N2S2/c17-10-13(11-19)14(12-5-2-1-3-6-12)9-15(18)16-7-4-8-20-16/h1-9,11H,18H2/b14-13+,15-9-. The summed E-state index contributed by atoms with van der Waals surface area (Å²) in [6, 6.07) is 15.6. The SMILES string of the molecule is N#C/C(C=S)=C(/C=C(\N)c1cccs1)c1ccccc1. The average molecular weight is 296 g/mol. The monoisotopic (exact) mass is 296 g/mol. The van der Waals surface area contributed by atoms with Crippen LogP contribution in [0.5, 0.6) is 0 Å². The number of allylic oxidation sites excluding steroid dienone is 3. The number of thiocarbonyl (C=S) groups is 1. The highest BCUT2D eigenvalue weighted by molar-refractivity contribution is 7.79. The van der Waals surface area contributed by atoms with Crippen molar-refractivity contribution in [2.24, 2.45) is 5.73 Å². The predicted molar refractivity (Wildman–Crippen MR) is 89.1 cm³/mol. The molecule has 0 saturated heterocycles. The van der Waals surface area contributed by atoms with Crippen molar-refractivity contribution in [2.75, 3.05) is 0 Å². The van der Waals surface area contributed by atoms with Gasteiger partial charge in [-0.25, -0.2) is 0 Å². The molecule has 1 heterocycles. The minimum absolute atomic E-state index is 0.436. The summed E-state index contributed by atoms with van der Waals surface area (Å²) < 4.78 is 0. The van der Waals surface area contributed by atoms with Crippen molar-refractivity contribution in [3.8, 4) is 6.07 Å². The Morgan fingerprint density at radius 1 is 1.20 bits per heavy atom. The van der Waals surface area contributed by atoms with Gasteiger partial charge in [0.15, 0.2) is 0 Å². The Kier molecular flexibility index (Phi) is 4.83. The largest absolute Gasteiger partial charge is 0.398 e. The first kappa shape index (κ1) is 14.2. The van der Waals surface area contributed by atoms with Crippen LogP contribution in [0.25, 0.3) is 11.3 Å². The molecular weight excluding hydrogens is 284 g/mol. The molecule has 2 aromatic rings. The summed E-state index contributed by atoms with van der Waals surface area (Å²) >= 11 is 6.49. The molecule has 0 bridgehead atoms. The predicted octanol–water partition coefficient (Wildman–Crippen LogP) is 4.02. The molecule has 0 saturated carbocycles. The van der Waals surface area contributed by atoms with E-state index >= 15 is 0 Å². The first-order valence-corrected chi connectivity index (χ1v) is 7.27. The number of thiophene rings is 1. The third kappa shape index (κ3) is 3.21. The maximum atomic E-state index is 9.23. The zero-order valence-corrected chi connectivity index (χ0v) is 12.2. The van der Waals surface area contributed by atoms with Gasteiger partial charge in [0, 0.05) is 21.5 Å². The van der Waals surface area contributed by atoms with Crippen LogP contribution in [0.15, 0.2) is 59.5 Å². The fourth-order valence-electron chi connectivity index (χ4n) is 1.75. The molecule has 0 amide bonds. The molecule has 2 N–H and O–H groups in total. The van der Waals surface area contributed by atoms with Crippen LogP contribution in [-0.4, -0.2) is 5.37 Å². The normalized spacial score (nSPS) is 12.4. The van der Waals surface area contributed by atoms with E-state index in [0.29, 0.717) is 11.3 Å². The van der Waals surface area contributed by atoms with E-state index in [1.54, 1.807) is 11.3 Å². The molecule has 0 unspecified atom stereocenters. The van der Waals surface area contributed by atoms with Crippen molar-refractivity contribution in [3.63, 3.8) is 0 Å². The minimum Gasteiger partial charge on any atom is -0.398 e. The molecule has 0 spiro atoms. The van der Waals surface area contributed by atoms with Crippen LogP contribution >= 0.6 is 23.6 Å². The summed E-state index contributed by atoms with van der Waals surface area (Å²) in [6.45, 7) is 0. The zero-order valence-electron chi connectivity index (χ0n) is 10.6. The van der Waals surface area contributed by atoms with Gasteiger partial charge in [0.2, 0.25) is 0 Å². The van der Waals surface area contributed by atoms with Crippen LogP contribution in [0, 0.1) is 11.3 Å². The van der Waals surface area contributed by atoms with E-state index in [0.717, 1.165) is 16.0 Å². The number of rotatable bonds is 4. The van der Waals surface area contributed by atoms with E-state index in [-0.39, 0.29) is 0 Å². The van der Waals surface area contributed by atoms with Crippen molar-refractivity contribution in [1.29, 1.82) is 5.26 Å². The van der Waals surface area contributed by atoms with Crippen LogP contribution < -0.4 is 5.73 Å². The Morgan fingerprint density at radius 2 is 1.95 bits per heavy atom. The quantitative estimate of drug-likeness (QED) is 0.401. The van der Waals surface area contributed by atoms with E-state index in [2.05, 4.69) is 6.07 Å². The summed E-state index contributed by atoms with van der Waals surface area (Å²) in [5, 5.41) is 12.6. The lowest BCUT2D eigenvalue weighted by atomic mass is 10.00. The lowest BCUT2D eigenvalue weighted by Gasteiger charge is -2.06. The van der Waals surface area contributed by atoms with Gasteiger partial charge in [-0.2, -0.15) is 5.26 Å². The molecule has 0 aliphatic rings. The lowest BCUT2D eigenvalue weighted by molar-refractivity contribution is 1.51. The lowest BCUT2D eigenvalue weighted by Crippen LogP contribution is -1.96. The van der Waals surface area contributed by atoms with Crippen LogP contribution in [-0.2, 0) is 0 Å². The first-order chi connectivity index (χ1) is 9.76. The number of nitrogens with two attached hydrogens (primary N) is 1. The summed E-state index contributed by atoms with van der Waals surface area (Å²) in [4.78, 5) is 0.972. The molecule has 0 aliphatic heterocycles. The smallest absolute Gasteiger partial charge is 0.101 e. The second-order valence-corrected chi connectivity index (χ2v) is 5.18. The van der Waals surface area contributed by atoms with Gasteiger partial charge in [0.05, 0.1) is 5.57 Å². The number of hydrogen-bond donors (Lipinski definition) is 1. The Balaban J connectivity index is 2.55. The van der Waals surface area contributed by atoms with E-state index in [9.17, 15) is 5.26 Å². The van der Waals surface area contributed by atoms with E-state index in [4.69, 9.17) is 18.0 Å². The number of hydrogen-bond acceptors (Lipinski definition) is 4. The topological polar surface area (TPSA) is 49.8 Å². The second kappa shape index (κ2) is 6.80. The number of benzene rings is 1. The Morgan fingerprint density at radius 3 is 2.50 bits per heavy atom. The molecule has 0 fully saturated rings. The van der Waals surface area contributed by atoms with Gasteiger partial charge in [0.1, 0.15) is 6.07 Å². The highest BCUT2D eigenvalue weighted by Crippen LogP contribution is 2.24. The highest BCUT2D eigenvalue weighted by atomic mass is 32.1. The zero-order chi connectivity index (χ0) is 14.4. The molecule has 0 atom stereocenters. The van der Waals surface area contributed by atoms with Crippen molar-refractivity contribution < 1.29 is 0 Å². The van der Waals surface area contributed by atoms with Gasteiger partial charge in [0.25, 0.3) is 0 Å². The highest BCUT2D eigenvalue weighted by Gasteiger charge is 2.07. The fraction of sp³-hybridized carbons (Fsp3) is 0. The third-order valence-corrected chi connectivity index (χ3v) is 3.87. The average Bonchev–Trinajstić information content (AvgIpc) is 3.02. The summed E-state index contributed by atoms with van der Waals surface area (Å²) in [6.07, 6.45) is 1.81. The molecule has 0 radical (unpaired) electrons. The van der Waals surface area contributed by atoms with Gasteiger partial charge in [-0.15, -0.1) is 11.3 Å². The second-order valence-electron chi connectivity index (χ2n) is 4.00. The van der Waals surface area contributed by atoms with E-state index in [1.807, 2.05) is 53.9 Å². The maximum absolute atomic E-state index is 9.23. The molecule has 0 aliphatic carbocycles. The molecule has 2 rings (SSSR count). The van der Waals surface area contributed by atoms with E-state index < -0.39 is 0 Å². The van der Waals surface area contributed by atoms with Crippen LogP contribution in [0.3, 0.4) is 0 Å². The molecule has 98 valence electrons. The van der Waals surface area contributed by atoms with Crippen molar-refractivity contribution >= 4 is 40.2 Å². The van der Waals surface area contributed by atoms with Crippen LogP contribution in [0.2, 0.25) is 0 Å². The van der Waals surface area contributed by atoms with Crippen molar-refractivity contribution in [2.45, 2.75) is 0 Å². The van der Waals surface area contributed by atoms with Gasteiger partial charge >= 0.3 is 0 Å². The molecule has 2 nitrogen and oxygen atoms in total. The molecule has 4 heteroatoms. The maximum Gasteiger partial charge on any atom is 0.101 e. The van der Waals surface area contributed by atoms with Crippen LogP contribution in [0.1, 0.15) is 10.4 Å². The summed E-state index contributed by atoms with van der Waals surface area (Å²) in [7, 11) is 0. The summed E-state index contributed by atoms with van der Waals surface area (Å²) in [5.74, 6) is 0. The Bertz CT molecular complexity index is 690. The fourth-order valence-corrected chi connectivity index (χ4v) is 2.59. The molecule has 1 aromatic carbocycles. The molecule has 1 aromatic heterocycles. The van der Waals surface area contributed by atoms with Gasteiger partial charge in [-0.3, -0.25) is 0 Å². The molecular formula is C16H12N2S2. The molecule has 20 heavy (non-hydrogen) atoms.